The van der Waals surface area contributed by atoms with Crippen molar-refractivity contribution in [2.75, 3.05) is 18.9 Å². The lowest BCUT2D eigenvalue weighted by molar-refractivity contribution is -0.141. The van der Waals surface area contributed by atoms with Gasteiger partial charge in [0, 0.05) is 19.2 Å². The first-order valence-electron chi connectivity index (χ1n) is 7.38. The fraction of sp³-hybridized carbons (Fsp3) is 0.235. The molecule has 0 saturated heterocycles. The van der Waals surface area contributed by atoms with Crippen LogP contribution in [0.1, 0.15) is 27.2 Å². The van der Waals surface area contributed by atoms with Gasteiger partial charge in [0.25, 0.3) is 5.91 Å². The van der Waals surface area contributed by atoms with E-state index >= 15 is 0 Å². The maximum Gasteiger partial charge on any atom is 0.433 e. The molecule has 0 spiro atoms. The van der Waals surface area contributed by atoms with Gasteiger partial charge in [-0.15, -0.1) is 0 Å². The minimum absolute atomic E-state index is 0.0344. The molecule has 0 atom stereocenters. The Morgan fingerprint density at radius 1 is 1.28 bits per heavy atom. The number of nitrogens with zero attached hydrogens (tertiary/aromatic N) is 2. The van der Waals surface area contributed by atoms with Gasteiger partial charge in [-0.2, -0.15) is 18.4 Å². The summed E-state index contributed by atoms with van der Waals surface area (Å²) in [5.41, 5.74) is 0.303. The summed E-state index contributed by atoms with van der Waals surface area (Å²) in [7, 11) is 1.53. The van der Waals surface area contributed by atoms with Gasteiger partial charge in [0.1, 0.15) is 17.6 Å². The number of hydrogen-bond acceptors (Lipinski definition) is 4. The number of pyridine rings is 1. The van der Waals surface area contributed by atoms with Crippen molar-refractivity contribution in [2.45, 2.75) is 12.6 Å². The summed E-state index contributed by atoms with van der Waals surface area (Å²) in [5, 5.41) is 14.3. The topological polar surface area (TPSA) is 77.8 Å². The Bertz CT molecular complexity index is 812. The second-order valence-electron chi connectivity index (χ2n) is 5.16. The zero-order valence-electron chi connectivity index (χ0n) is 13.3. The van der Waals surface area contributed by atoms with E-state index in [-0.39, 0.29) is 23.8 Å². The molecule has 2 rings (SSSR count). The summed E-state index contributed by atoms with van der Waals surface area (Å²) < 4.78 is 38.2. The van der Waals surface area contributed by atoms with Gasteiger partial charge in [-0.05, 0) is 36.2 Å². The van der Waals surface area contributed by atoms with E-state index in [0.717, 1.165) is 17.7 Å². The minimum atomic E-state index is -4.58. The van der Waals surface area contributed by atoms with Crippen LogP contribution in [0, 0.1) is 11.3 Å². The third-order valence-corrected chi connectivity index (χ3v) is 3.43. The summed E-state index contributed by atoms with van der Waals surface area (Å²) in [6, 6.07) is 10.6. The fourth-order valence-corrected chi connectivity index (χ4v) is 2.18. The maximum atomic E-state index is 12.7. The molecule has 0 aliphatic carbocycles. The highest BCUT2D eigenvalue weighted by atomic mass is 19.4. The lowest BCUT2D eigenvalue weighted by Crippen LogP contribution is -2.18. The third-order valence-electron chi connectivity index (χ3n) is 3.43. The largest absolute Gasteiger partial charge is 0.433 e. The number of nitrogens with one attached hydrogen (secondary N) is 2. The molecule has 1 aromatic heterocycles. The van der Waals surface area contributed by atoms with Crippen LogP contribution in [0.4, 0.5) is 19.0 Å². The van der Waals surface area contributed by atoms with Gasteiger partial charge in [-0.1, -0.05) is 12.1 Å². The second kappa shape index (κ2) is 7.66. The standard InChI is InChI=1S/C17H15F3N4O/c1-22-16(25)12-4-2-3-11(9-12)7-8-23-15-13(10-21)5-6-14(24-15)17(18,19)20/h2-6,9H,7-8H2,1H3,(H,22,25)(H,23,24). The van der Waals surface area contributed by atoms with Crippen molar-refractivity contribution in [3.8, 4) is 6.07 Å². The first kappa shape index (κ1) is 18.3. The molecule has 130 valence electrons. The number of anilines is 1. The maximum absolute atomic E-state index is 12.7. The Morgan fingerprint density at radius 2 is 2.04 bits per heavy atom. The second-order valence-corrected chi connectivity index (χ2v) is 5.16. The van der Waals surface area contributed by atoms with Crippen molar-refractivity contribution in [2.24, 2.45) is 0 Å². The summed E-state index contributed by atoms with van der Waals surface area (Å²) in [4.78, 5) is 15.1. The van der Waals surface area contributed by atoms with Gasteiger partial charge in [-0.3, -0.25) is 4.79 Å². The van der Waals surface area contributed by atoms with E-state index in [9.17, 15) is 18.0 Å². The molecule has 5 nitrogen and oxygen atoms in total. The van der Waals surface area contributed by atoms with Crippen molar-refractivity contribution < 1.29 is 18.0 Å². The number of benzene rings is 1. The monoisotopic (exact) mass is 348 g/mol. The predicted molar refractivity (Wildman–Crippen MR) is 86.0 cm³/mol. The van der Waals surface area contributed by atoms with Crippen LogP contribution in [0.15, 0.2) is 36.4 Å². The Labute approximate surface area is 142 Å². The molecule has 2 N–H and O–H groups in total. The highest BCUT2D eigenvalue weighted by Crippen LogP contribution is 2.29. The third kappa shape index (κ3) is 4.70. The minimum Gasteiger partial charge on any atom is -0.369 e. The van der Waals surface area contributed by atoms with Crippen LogP contribution < -0.4 is 10.6 Å². The molecule has 1 aromatic carbocycles. The smallest absolute Gasteiger partial charge is 0.369 e. The van der Waals surface area contributed by atoms with Gasteiger partial charge in [-0.25, -0.2) is 4.98 Å². The number of amides is 1. The number of carbonyl (C=O) groups excluding carboxylic acids is 1. The number of halogens is 3. The molecule has 0 unspecified atom stereocenters. The highest BCUT2D eigenvalue weighted by molar-refractivity contribution is 5.94. The molecule has 25 heavy (non-hydrogen) atoms. The van der Waals surface area contributed by atoms with Gasteiger partial charge in [0.2, 0.25) is 0 Å². The molecule has 0 aliphatic heterocycles. The first-order valence-corrected chi connectivity index (χ1v) is 7.38. The molecule has 0 fully saturated rings. The number of alkyl halides is 3. The molecular formula is C17H15F3N4O. The van der Waals surface area contributed by atoms with E-state index in [1.54, 1.807) is 24.3 Å². The normalized spacial score (nSPS) is 10.8. The summed E-state index contributed by atoms with van der Waals surface area (Å²) in [6.45, 7) is 0.264. The van der Waals surface area contributed by atoms with Crippen molar-refractivity contribution in [1.29, 1.82) is 5.26 Å². The van der Waals surface area contributed by atoms with E-state index in [0.29, 0.717) is 12.0 Å². The van der Waals surface area contributed by atoms with Crippen molar-refractivity contribution in [1.82, 2.24) is 10.3 Å². The summed E-state index contributed by atoms with van der Waals surface area (Å²) in [5.74, 6) is -0.332. The van der Waals surface area contributed by atoms with Crippen molar-refractivity contribution in [3.05, 3.63) is 58.8 Å². The van der Waals surface area contributed by atoms with E-state index in [1.165, 1.54) is 7.05 Å². The molecule has 1 amide bonds. The average molecular weight is 348 g/mol. The summed E-state index contributed by atoms with van der Waals surface area (Å²) in [6.07, 6.45) is -4.13. The average Bonchev–Trinajstić information content (AvgIpc) is 2.60. The fourth-order valence-electron chi connectivity index (χ4n) is 2.18. The van der Waals surface area contributed by atoms with Gasteiger partial charge < -0.3 is 10.6 Å². The molecule has 0 saturated carbocycles. The Balaban J connectivity index is 2.09. The van der Waals surface area contributed by atoms with E-state index in [2.05, 4.69) is 15.6 Å². The molecule has 1 heterocycles. The van der Waals surface area contributed by atoms with Crippen LogP contribution in [0.2, 0.25) is 0 Å². The molecule has 2 aromatic rings. The van der Waals surface area contributed by atoms with Crippen LogP contribution in [-0.2, 0) is 12.6 Å². The summed E-state index contributed by atoms with van der Waals surface area (Å²) >= 11 is 0. The van der Waals surface area contributed by atoms with Crippen LogP contribution in [0.3, 0.4) is 0 Å². The molecule has 8 heteroatoms. The van der Waals surface area contributed by atoms with Crippen molar-refractivity contribution >= 4 is 11.7 Å². The molecular weight excluding hydrogens is 333 g/mol. The Kier molecular flexibility index (Phi) is 5.60. The number of rotatable bonds is 5. The van der Waals surface area contributed by atoms with E-state index < -0.39 is 11.9 Å². The van der Waals surface area contributed by atoms with Crippen LogP contribution in [0.5, 0.6) is 0 Å². The van der Waals surface area contributed by atoms with Crippen LogP contribution in [-0.4, -0.2) is 24.5 Å². The highest BCUT2D eigenvalue weighted by Gasteiger charge is 2.33. The molecule has 0 radical (unpaired) electrons. The van der Waals surface area contributed by atoms with E-state index in [1.807, 2.05) is 6.07 Å². The predicted octanol–water partition coefficient (Wildman–Crippen LogP) is 2.99. The number of nitriles is 1. The first-order chi connectivity index (χ1) is 11.8. The molecule has 0 aliphatic rings. The zero-order chi connectivity index (χ0) is 18.4. The number of carbonyl (C=O) groups is 1. The SMILES string of the molecule is CNC(=O)c1cccc(CCNc2nc(C(F)(F)F)ccc2C#N)c1. The molecule has 0 bridgehead atoms. The van der Waals surface area contributed by atoms with Crippen molar-refractivity contribution in [3.63, 3.8) is 0 Å². The lowest BCUT2D eigenvalue weighted by atomic mass is 10.1. The van der Waals surface area contributed by atoms with Crippen LogP contribution in [0.25, 0.3) is 0 Å². The van der Waals surface area contributed by atoms with Crippen LogP contribution >= 0.6 is 0 Å². The Morgan fingerprint density at radius 3 is 2.68 bits per heavy atom. The lowest BCUT2D eigenvalue weighted by Gasteiger charge is -2.11. The van der Waals surface area contributed by atoms with Gasteiger partial charge >= 0.3 is 6.18 Å². The number of aromatic nitrogens is 1. The van der Waals surface area contributed by atoms with Gasteiger partial charge in [0.15, 0.2) is 0 Å². The van der Waals surface area contributed by atoms with Gasteiger partial charge in [0.05, 0.1) is 5.56 Å². The van der Waals surface area contributed by atoms with E-state index in [4.69, 9.17) is 5.26 Å². The quantitative estimate of drug-likeness (QED) is 0.871. The number of hydrogen-bond donors (Lipinski definition) is 2. The Hall–Kier alpha value is -3.08. The zero-order valence-corrected chi connectivity index (χ0v) is 13.3.